The molecule has 0 aliphatic heterocycles. The van der Waals surface area contributed by atoms with Gasteiger partial charge in [0.1, 0.15) is 0 Å². The number of nitrogens with two attached hydrogens (primary N) is 1. The Balaban J connectivity index is 1.82. The summed E-state index contributed by atoms with van der Waals surface area (Å²) in [6.07, 6.45) is 2.67. The molecule has 3 rings (SSSR count). The number of thiophene rings is 2. The second-order valence-electron chi connectivity index (χ2n) is 5.68. The van der Waals surface area contributed by atoms with Crippen molar-refractivity contribution in [3.05, 3.63) is 70.3 Å². The zero-order chi connectivity index (χ0) is 16.9. The second-order valence-corrected chi connectivity index (χ2v) is 7.66. The average Bonchev–Trinajstić information content (AvgIpc) is 3.24. The number of guanidine groups is 1. The van der Waals surface area contributed by atoms with Crippen LogP contribution in [-0.2, 0) is 6.54 Å². The van der Waals surface area contributed by atoms with Crippen molar-refractivity contribution in [2.24, 2.45) is 10.7 Å². The molecule has 0 spiro atoms. The van der Waals surface area contributed by atoms with Gasteiger partial charge in [0.15, 0.2) is 5.96 Å². The van der Waals surface area contributed by atoms with Gasteiger partial charge in [-0.15, -0.1) is 29.3 Å². The lowest BCUT2D eigenvalue weighted by atomic mass is 10.0. The molecule has 0 saturated carbocycles. The van der Waals surface area contributed by atoms with Crippen molar-refractivity contribution in [3.63, 3.8) is 0 Å². The lowest BCUT2D eigenvalue weighted by molar-refractivity contribution is 0.492. The molecule has 3 nitrogen and oxygen atoms in total. The van der Waals surface area contributed by atoms with Crippen molar-refractivity contribution in [1.82, 2.24) is 4.90 Å². The number of rotatable bonds is 6. The first-order chi connectivity index (χ1) is 11.7. The topological polar surface area (TPSA) is 41.6 Å². The molecule has 2 N–H and O–H groups in total. The fourth-order valence-electron chi connectivity index (χ4n) is 2.59. The van der Waals surface area contributed by atoms with Crippen molar-refractivity contribution in [3.8, 4) is 0 Å². The van der Waals surface area contributed by atoms with Crippen LogP contribution in [0.1, 0.15) is 22.9 Å². The summed E-state index contributed by atoms with van der Waals surface area (Å²) in [4.78, 5) is 8.03. The van der Waals surface area contributed by atoms with Gasteiger partial charge in [-0.1, -0.05) is 18.2 Å². The normalized spacial score (nSPS) is 13.1. The Morgan fingerprint density at radius 3 is 2.92 bits per heavy atom. The van der Waals surface area contributed by atoms with Crippen LogP contribution in [0.3, 0.4) is 0 Å². The molecular formula is C19H21N3S2. The van der Waals surface area contributed by atoms with Crippen LogP contribution in [0.2, 0.25) is 0 Å². The zero-order valence-corrected chi connectivity index (χ0v) is 15.3. The van der Waals surface area contributed by atoms with Crippen molar-refractivity contribution < 1.29 is 0 Å². The lowest BCUT2D eigenvalue weighted by Gasteiger charge is -2.20. The minimum absolute atomic E-state index is 0.00224. The third-order valence-corrected chi connectivity index (χ3v) is 5.66. The van der Waals surface area contributed by atoms with Crippen molar-refractivity contribution >= 4 is 38.7 Å². The number of nitrogens with zero attached hydrogens (tertiary/aromatic N) is 2. The average molecular weight is 356 g/mol. The predicted octanol–water partition coefficient (Wildman–Crippen LogP) is 5.03. The molecule has 5 heteroatoms. The molecule has 2 aromatic heterocycles. The Morgan fingerprint density at radius 1 is 1.29 bits per heavy atom. The van der Waals surface area contributed by atoms with E-state index in [1.165, 1.54) is 20.5 Å². The molecule has 0 bridgehead atoms. The maximum Gasteiger partial charge on any atom is 0.191 e. The lowest BCUT2D eigenvalue weighted by Crippen LogP contribution is -2.33. The van der Waals surface area contributed by atoms with Crippen LogP contribution in [0.4, 0.5) is 0 Å². The van der Waals surface area contributed by atoms with Crippen molar-refractivity contribution in [2.75, 3.05) is 7.05 Å². The van der Waals surface area contributed by atoms with Gasteiger partial charge in [0, 0.05) is 16.6 Å². The van der Waals surface area contributed by atoms with Crippen LogP contribution < -0.4 is 5.73 Å². The zero-order valence-electron chi connectivity index (χ0n) is 13.7. The highest BCUT2D eigenvalue weighted by atomic mass is 32.1. The van der Waals surface area contributed by atoms with Gasteiger partial charge in [-0.2, -0.15) is 0 Å². The fraction of sp³-hybridized carbons (Fsp3) is 0.211. The Hall–Kier alpha value is -2.11. The van der Waals surface area contributed by atoms with Crippen LogP contribution in [0.5, 0.6) is 0 Å². The smallest absolute Gasteiger partial charge is 0.191 e. The Labute approximate surface area is 150 Å². The number of aliphatic imine (C=N–C) groups is 1. The number of hydrogen-bond acceptors (Lipinski definition) is 3. The highest BCUT2D eigenvalue weighted by Gasteiger charge is 2.12. The molecule has 24 heavy (non-hydrogen) atoms. The van der Waals surface area contributed by atoms with Gasteiger partial charge in [-0.05, 0) is 52.4 Å². The van der Waals surface area contributed by atoms with E-state index in [-0.39, 0.29) is 6.04 Å². The number of fused-ring (bicyclic) bond motifs is 1. The van der Waals surface area contributed by atoms with E-state index in [0.29, 0.717) is 5.96 Å². The summed E-state index contributed by atoms with van der Waals surface area (Å²) >= 11 is 3.48. The summed E-state index contributed by atoms with van der Waals surface area (Å²) in [6.45, 7) is 4.65. The predicted molar refractivity (Wildman–Crippen MR) is 107 cm³/mol. The third-order valence-electron chi connectivity index (χ3n) is 3.90. The molecular weight excluding hydrogens is 334 g/mol. The molecule has 0 saturated heterocycles. The molecule has 124 valence electrons. The first-order valence-corrected chi connectivity index (χ1v) is 9.58. The van der Waals surface area contributed by atoms with Crippen molar-refractivity contribution in [1.29, 1.82) is 0 Å². The van der Waals surface area contributed by atoms with E-state index in [9.17, 15) is 0 Å². The van der Waals surface area contributed by atoms with E-state index in [1.807, 2.05) is 18.0 Å². The third kappa shape index (κ3) is 3.86. The van der Waals surface area contributed by atoms with Gasteiger partial charge in [0.05, 0.1) is 12.6 Å². The van der Waals surface area contributed by atoms with Gasteiger partial charge in [0.25, 0.3) is 0 Å². The SMILES string of the molecule is C=CCC(N=C(N)N(C)Cc1cccs1)c1ccc2sccc2c1. The minimum Gasteiger partial charge on any atom is -0.370 e. The van der Waals surface area contributed by atoms with Crippen LogP contribution in [0, 0.1) is 0 Å². The summed E-state index contributed by atoms with van der Waals surface area (Å²) in [5.74, 6) is 0.556. The van der Waals surface area contributed by atoms with E-state index in [0.717, 1.165) is 13.0 Å². The first kappa shape index (κ1) is 16.7. The molecule has 0 amide bonds. The molecule has 0 aliphatic carbocycles. The standard InChI is InChI=1S/C19H21N3S2/c1-3-5-17(14-7-8-18-15(12-14)9-11-24-18)21-19(20)22(2)13-16-6-4-10-23-16/h3-4,6-12,17H,1,5,13H2,2H3,(H2,20,21). The van der Waals surface area contributed by atoms with E-state index in [4.69, 9.17) is 10.7 Å². The number of benzene rings is 1. The largest absolute Gasteiger partial charge is 0.370 e. The summed E-state index contributed by atoms with van der Waals surface area (Å²) in [6, 6.07) is 12.8. The maximum atomic E-state index is 6.24. The fourth-order valence-corrected chi connectivity index (χ4v) is 4.12. The monoisotopic (exact) mass is 355 g/mol. The molecule has 0 fully saturated rings. The molecule has 1 atom stereocenters. The molecule has 0 radical (unpaired) electrons. The molecule has 0 aliphatic rings. The summed E-state index contributed by atoms with van der Waals surface area (Å²) < 4.78 is 1.29. The van der Waals surface area contributed by atoms with Crippen LogP contribution in [0.25, 0.3) is 10.1 Å². The molecule has 1 unspecified atom stereocenters. The van der Waals surface area contributed by atoms with E-state index in [2.05, 4.69) is 53.7 Å². The quantitative estimate of drug-likeness (QED) is 0.383. The van der Waals surface area contributed by atoms with Gasteiger partial charge in [0.2, 0.25) is 0 Å². The number of hydrogen-bond donors (Lipinski definition) is 1. The van der Waals surface area contributed by atoms with Gasteiger partial charge >= 0.3 is 0 Å². The Kier molecular flexibility index (Phi) is 5.33. The van der Waals surface area contributed by atoms with E-state index in [1.54, 1.807) is 22.7 Å². The van der Waals surface area contributed by atoms with Gasteiger partial charge in [-0.25, -0.2) is 4.99 Å². The van der Waals surface area contributed by atoms with Crippen LogP contribution in [0.15, 0.2) is 64.8 Å². The van der Waals surface area contributed by atoms with Gasteiger partial charge < -0.3 is 10.6 Å². The highest BCUT2D eigenvalue weighted by Crippen LogP contribution is 2.28. The molecule has 2 heterocycles. The van der Waals surface area contributed by atoms with Crippen LogP contribution >= 0.6 is 22.7 Å². The Morgan fingerprint density at radius 2 is 2.17 bits per heavy atom. The molecule has 1 aromatic carbocycles. The van der Waals surface area contributed by atoms with Crippen molar-refractivity contribution in [2.45, 2.75) is 19.0 Å². The summed E-state index contributed by atoms with van der Waals surface area (Å²) in [5, 5.41) is 5.45. The van der Waals surface area contributed by atoms with E-state index < -0.39 is 0 Å². The van der Waals surface area contributed by atoms with Crippen LogP contribution in [-0.4, -0.2) is 17.9 Å². The Bertz CT molecular complexity index is 833. The second kappa shape index (κ2) is 7.64. The van der Waals surface area contributed by atoms with E-state index >= 15 is 0 Å². The first-order valence-electron chi connectivity index (χ1n) is 7.82. The minimum atomic E-state index is -0.00224. The van der Waals surface area contributed by atoms with Gasteiger partial charge in [-0.3, -0.25) is 0 Å². The summed E-state index contributed by atoms with van der Waals surface area (Å²) in [7, 11) is 1.98. The highest BCUT2D eigenvalue weighted by molar-refractivity contribution is 7.17. The molecule has 3 aromatic rings. The maximum absolute atomic E-state index is 6.24. The summed E-state index contributed by atoms with van der Waals surface area (Å²) in [5.41, 5.74) is 7.42.